The van der Waals surface area contributed by atoms with Crippen molar-refractivity contribution in [1.29, 1.82) is 0 Å². The standard InChI is InChI=1S/C35H40N4O3/c40-32(26-35(27-12-4-1-5-13-27,28-14-6-2-7-15-28)29-16-8-3-9-17-29)38-22-10-19-31(38)34(42)39-23-11-18-30(39)33(41)37-24-20-36-21-25-37/h1-9,12-17,30-31,36H,10-11,18-26H2/t30-,31+/m1/s1. The van der Waals surface area contributed by atoms with Crippen LogP contribution in [0.5, 0.6) is 0 Å². The lowest BCUT2D eigenvalue weighted by molar-refractivity contribution is -0.149. The Morgan fingerprint density at radius 2 is 1.07 bits per heavy atom. The molecular formula is C35H40N4O3. The molecular weight excluding hydrogens is 524 g/mol. The zero-order chi connectivity index (χ0) is 28.9. The molecule has 3 fully saturated rings. The van der Waals surface area contributed by atoms with E-state index in [1.54, 1.807) is 9.80 Å². The quantitative estimate of drug-likeness (QED) is 0.443. The van der Waals surface area contributed by atoms with E-state index in [0.717, 1.165) is 42.6 Å². The highest BCUT2D eigenvalue weighted by atomic mass is 16.2. The number of nitrogens with one attached hydrogen (secondary N) is 1. The summed E-state index contributed by atoms with van der Waals surface area (Å²) in [7, 11) is 0. The van der Waals surface area contributed by atoms with Gasteiger partial charge in [0.25, 0.3) is 0 Å². The van der Waals surface area contributed by atoms with E-state index in [2.05, 4.69) is 41.7 Å². The molecule has 7 heteroatoms. The van der Waals surface area contributed by atoms with Crippen LogP contribution in [0, 0.1) is 0 Å². The normalized spacial score (nSPS) is 21.0. The van der Waals surface area contributed by atoms with E-state index in [1.165, 1.54) is 0 Å². The van der Waals surface area contributed by atoms with Gasteiger partial charge < -0.3 is 20.0 Å². The van der Waals surface area contributed by atoms with Crippen molar-refractivity contribution in [3.05, 3.63) is 108 Å². The second-order valence-electron chi connectivity index (χ2n) is 11.7. The summed E-state index contributed by atoms with van der Waals surface area (Å²) in [6.45, 7) is 4.03. The Hall–Kier alpha value is -3.97. The Morgan fingerprint density at radius 3 is 1.57 bits per heavy atom. The van der Waals surface area contributed by atoms with E-state index in [-0.39, 0.29) is 24.1 Å². The Labute approximate surface area is 248 Å². The van der Waals surface area contributed by atoms with Crippen molar-refractivity contribution >= 4 is 17.7 Å². The lowest BCUT2D eigenvalue weighted by Crippen LogP contribution is -2.56. The molecule has 0 saturated carbocycles. The van der Waals surface area contributed by atoms with Crippen LogP contribution in [-0.2, 0) is 19.8 Å². The van der Waals surface area contributed by atoms with E-state index in [4.69, 9.17) is 0 Å². The third-order valence-electron chi connectivity index (χ3n) is 9.32. The fraction of sp³-hybridized carbons (Fsp3) is 0.400. The van der Waals surface area contributed by atoms with Gasteiger partial charge in [-0.2, -0.15) is 0 Å². The van der Waals surface area contributed by atoms with Crippen LogP contribution < -0.4 is 5.32 Å². The molecule has 218 valence electrons. The lowest BCUT2D eigenvalue weighted by Gasteiger charge is -2.38. The van der Waals surface area contributed by atoms with Crippen molar-refractivity contribution in [2.24, 2.45) is 0 Å². The summed E-state index contributed by atoms with van der Waals surface area (Å²) in [5.41, 5.74) is 2.41. The molecule has 0 aliphatic carbocycles. The first-order valence-electron chi connectivity index (χ1n) is 15.4. The fourth-order valence-corrected chi connectivity index (χ4v) is 7.20. The summed E-state index contributed by atoms with van der Waals surface area (Å²) >= 11 is 0. The molecule has 3 aromatic rings. The highest BCUT2D eigenvalue weighted by Crippen LogP contribution is 2.43. The largest absolute Gasteiger partial charge is 0.338 e. The number of benzene rings is 3. The van der Waals surface area contributed by atoms with Crippen molar-refractivity contribution in [2.75, 3.05) is 39.3 Å². The minimum absolute atomic E-state index is 0.0356. The zero-order valence-electron chi connectivity index (χ0n) is 24.2. The number of hydrogen-bond acceptors (Lipinski definition) is 4. The third-order valence-corrected chi connectivity index (χ3v) is 9.32. The van der Waals surface area contributed by atoms with Crippen molar-refractivity contribution in [3.63, 3.8) is 0 Å². The zero-order valence-corrected chi connectivity index (χ0v) is 24.2. The van der Waals surface area contributed by atoms with E-state index >= 15 is 0 Å². The average molecular weight is 565 g/mol. The van der Waals surface area contributed by atoms with Crippen molar-refractivity contribution < 1.29 is 14.4 Å². The van der Waals surface area contributed by atoms with E-state index in [1.807, 2.05) is 59.5 Å². The molecule has 7 nitrogen and oxygen atoms in total. The number of amides is 3. The molecule has 0 spiro atoms. The number of carbonyl (C=O) groups excluding carboxylic acids is 3. The molecule has 3 heterocycles. The first-order valence-corrected chi connectivity index (χ1v) is 15.4. The molecule has 3 saturated heterocycles. The van der Waals surface area contributed by atoms with Crippen LogP contribution >= 0.6 is 0 Å². The second-order valence-corrected chi connectivity index (χ2v) is 11.7. The number of hydrogen-bond donors (Lipinski definition) is 1. The van der Waals surface area contributed by atoms with Gasteiger partial charge in [0.1, 0.15) is 12.1 Å². The van der Waals surface area contributed by atoms with Gasteiger partial charge in [0.05, 0.1) is 5.41 Å². The molecule has 0 bridgehead atoms. The Morgan fingerprint density at radius 1 is 0.619 bits per heavy atom. The number of rotatable bonds is 7. The third kappa shape index (κ3) is 5.34. The van der Waals surface area contributed by atoms with E-state index in [9.17, 15) is 14.4 Å². The summed E-state index contributed by atoms with van der Waals surface area (Å²) in [6.07, 6.45) is 3.12. The van der Waals surface area contributed by atoms with Crippen LogP contribution in [0.1, 0.15) is 48.8 Å². The molecule has 3 aliphatic rings. The highest BCUT2D eigenvalue weighted by molar-refractivity contribution is 5.93. The maximum absolute atomic E-state index is 14.4. The van der Waals surface area contributed by atoms with E-state index in [0.29, 0.717) is 39.0 Å². The molecule has 0 radical (unpaired) electrons. The van der Waals surface area contributed by atoms with Crippen LogP contribution in [0.15, 0.2) is 91.0 Å². The van der Waals surface area contributed by atoms with Gasteiger partial charge in [-0.3, -0.25) is 14.4 Å². The number of nitrogens with zero attached hydrogens (tertiary/aromatic N) is 3. The average Bonchev–Trinajstić information content (AvgIpc) is 3.76. The summed E-state index contributed by atoms with van der Waals surface area (Å²) in [4.78, 5) is 47.4. The molecule has 1 N–H and O–H groups in total. The van der Waals surface area contributed by atoms with Gasteiger partial charge in [0.15, 0.2) is 0 Å². The number of carbonyl (C=O) groups is 3. The molecule has 3 aromatic carbocycles. The Kier molecular flexibility index (Phi) is 8.38. The highest BCUT2D eigenvalue weighted by Gasteiger charge is 2.46. The molecule has 6 rings (SSSR count). The SMILES string of the molecule is O=C([C@H]1CCCN1C(=O)[C@@H]1CCCN1C(=O)CC(c1ccccc1)(c1ccccc1)c1ccccc1)N1CCNCC1. The van der Waals surface area contributed by atoms with Gasteiger partial charge in [-0.25, -0.2) is 0 Å². The molecule has 3 aliphatic heterocycles. The smallest absolute Gasteiger partial charge is 0.246 e. The van der Waals surface area contributed by atoms with Crippen molar-refractivity contribution in [2.45, 2.75) is 49.6 Å². The summed E-state index contributed by atoms with van der Waals surface area (Å²) < 4.78 is 0. The summed E-state index contributed by atoms with van der Waals surface area (Å²) in [5, 5.41) is 3.29. The van der Waals surface area contributed by atoms with Gasteiger partial charge in [-0.1, -0.05) is 91.0 Å². The molecule has 0 unspecified atom stereocenters. The van der Waals surface area contributed by atoms with Crippen LogP contribution in [-0.4, -0.2) is 83.8 Å². The molecule has 42 heavy (non-hydrogen) atoms. The number of piperazine rings is 1. The van der Waals surface area contributed by atoms with Gasteiger partial charge in [0.2, 0.25) is 17.7 Å². The van der Waals surface area contributed by atoms with Gasteiger partial charge in [0, 0.05) is 45.7 Å². The minimum atomic E-state index is -0.717. The van der Waals surface area contributed by atoms with Gasteiger partial charge in [-0.05, 0) is 42.4 Å². The van der Waals surface area contributed by atoms with Gasteiger partial charge in [-0.15, -0.1) is 0 Å². The van der Waals surface area contributed by atoms with Crippen LogP contribution in [0.4, 0.5) is 0 Å². The van der Waals surface area contributed by atoms with Crippen LogP contribution in [0.25, 0.3) is 0 Å². The maximum atomic E-state index is 14.4. The van der Waals surface area contributed by atoms with Gasteiger partial charge >= 0.3 is 0 Å². The first-order chi connectivity index (χ1) is 20.6. The Balaban J connectivity index is 1.30. The molecule has 0 aromatic heterocycles. The summed E-state index contributed by atoms with van der Waals surface area (Å²) in [5.74, 6) is -0.0578. The maximum Gasteiger partial charge on any atom is 0.246 e. The predicted molar refractivity (Wildman–Crippen MR) is 163 cm³/mol. The van der Waals surface area contributed by atoms with Crippen molar-refractivity contribution in [1.82, 2.24) is 20.0 Å². The topological polar surface area (TPSA) is 73.0 Å². The lowest BCUT2D eigenvalue weighted by atomic mass is 9.67. The second kappa shape index (κ2) is 12.5. The minimum Gasteiger partial charge on any atom is -0.338 e. The Bertz CT molecular complexity index is 1280. The first kappa shape index (κ1) is 28.2. The van der Waals surface area contributed by atoms with E-state index < -0.39 is 17.5 Å². The predicted octanol–water partition coefficient (Wildman–Crippen LogP) is 3.82. The number of likely N-dealkylation sites (tertiary alicyclic amines) is 2. The fourth-order valence-electron chi connectivity index (χ4n) is 7.20. The van der Waals surface area contributed by atoms with Crippen LogP contribution in [0.3, 0.4) is 0 Å². The monoisotopic (exact) mass is 564 g/mol. The summed E-state index contributed by atoms with van der Waals surface area (Å²) in [6, 6.07) is 29.7. The van der Waals surface area contributed by atoms with Crippen molar-refractivity contribution in [3.8, 4) is 0 Å². The molecule has 2 atom stereocenters. The molecule has 3 amide bonds. The van der Waals surface area contributed by atoms with Crippen LogP contribution in [0.2, 0.25) is 0 Å².